The number of nitrogens with one attached hydrogen (secondary N) is 2. The van der Waals surface area contributed by atoms with Crippen molar-refractivity contribution in [1.82, 2.24) is 20.1 Å². The summed E-state index contributed by atoms with van der Waals surface area (Å²) in [5, 5.41) is 12.0. The molecule has 0 bridgehead atoms. The zero-order valence-electron chi connectivity index (χ0n) is 9.55. The van der Waals surface area contributed by atoms with Gasteiger partial charge in [-0.2, -0.15) is 5.10 Å². The first-order valence-corrected chi connectivity index (χ1v) is 7.01. The van der Waals surface area contributed by atoms with Gasteiger partial charge in [0.05, 0.1) is 4.88 Å². The lowest BCUT2D eigenvalue weighted by Gasteiger charge is -2.11. The van der Waals surface area contributed by atoms with Crippen LogP contribution in [0.2, 0.25) is 0 Å². The van der Waals surface area contributed by atoms with Crippen LogP contribution in [0.25, 0.3) is 10.7 Å². The van der Waals surface area contributed by atoms with Gasteiger partial charge in [0.15, 0.2) is 10.6 Å². The standard InChI is InChI=1S/C11H12N4OS2/c16-9-4-3-7(12-9)6-15-10(13-14-11(15)17)8-2-1-5-18-8/h1-2,5,7H,3-4,6H2,(H,12,16)(H,14,17). The molecule has 0 spiro atoms. The van der Waals surface area contributed by atoms with E-state index < -0.39 is 0 Å². The Morgan fingerprint density at radius 1 is 1.61 bits per heavy atom. The average Bonchev–Trinajstić information content (AvgIpc) is 3.03. The van der Waals surface area contributed by atoms with Gasteiger partial charge in [-0.15, -0.1) is 11.3 Å². The summed E-state index contributed by atoms with van der Waals surface area (Å²) >= 11 is 6.87. The van der Waals surface area contributed by atoms with Crippen LogP contribution in [0.5, 0.6) is 0 Å². The van der Waals surface area contributed by atoms with Gasteiger partial charge in [-0.1, -0.05) is 6.07 Å². The molecule has 0 saturated carbocycles. The number of thiophene rings is 1. The number of carbonyl (C=O) groups excluding carboxylic acids is 1. The molecule has 0 aromatic carbocycles. The number of H-pyrrole nitrogens is 1. The molecule has 2 aromatic rings. The van der Waals surface area contributed by atoms with Crippen LogP contribution in [0.15, 0.2) is 17.5 Å². The van der Waals surface area contributed by atoms with Gasteiger partial charge < -0.3 is 5.32 Å². The molecule has 0 aliphatic carbocycles. The fourth-order valence-electron chi connectivity index (χ4n) is 2.12. The number of nitrogens with zero attached hydrogens (tertiary/aromatic N) is 2. The number of rotatable bonds is 3. The Kier molecular flexibility index (Phi) is 3.00. The van der Waals surface area contributed by atoms with E-state index in [9.17, 15) is 4.79 Å². The Morgan fingerprint density at radius 2 is 2.50 bits per heavy atom. The Balaban J connectivity index is 1.90. The number of hydrogen-bond donors (Lipinski definition) is 2. The number of amides is 1. The van der Waals surface area contributed by atoms with Gasteiger partial charge in [0.1, 0.15) is 0 Å². The van der Waals surface area contributed by atoms with Crippen LogP contribution in [0.4, 0.5) is 0 Å². The van der Waals surface area contributed by atoms with Gasteiger partial charge in [0.25, 0.3) is 0 Å². The molecule has 1 amide bonds. The number of aromatic nitrogens is 3. The van der Waals surface area contributed by atoms with Crippen LogP contribution >= 0.6 is 23.6 Å². The molecule has 18 heavy (non-hydrogen) atoms. The molecule has 1 fully saturated rings. The second kappa shape index (κ2) is 4.66. The van der Waals surface area contributed by atoms with E-state index in [1.807, 2.05) is 22.1 Å². The van der Waals surface area contributed by atoms with Crippen molar-refractivity contribution in [3.8, 4) is 10.7 Å². The van der Waals surface area contributed by atoms with Crippen molar-refractivity contribution in [2.24, 2.45) is 0 Å². The summed E-state index contributed by atoms with van der Waals surface area (Å²) in [5.74, 6) is 0.962. The van der Waals surface area contributed by atoms with Crippen LogP contribution < -0.4 is 5.32 Å². The fraction of sp³-hybridized carbons (Fsp3) is 0.364. The summed E-state index contributed by atoms with van der Waals surface area (Å²) in [4.78, 5) is 12.3. The van der Waals surface area contributed by atoms with E-state index in [0.29, 0.717) is 17.7 Å². The molecule has 94 valence electrons. The van der Waals surface area contributed by atoms with Crippen molar-refractivity contribution in [3.05, 3.63) is 22.3 Å². The second-order valence-electron chi connectivity index (χ2n) is 4.24. The van der Waals surface area contributed by atoms with E-state index in [2.05, 4.69) is 15.5 Å². The van der Waals surface area contributed by atoms with Crippen molar-refractivity contribution < 1.29 is 4.79 Å². The first-order chi connectivity index (χ1) is 8.74. The quantitative estimate of drug-likeness (QED) is 0.845. The van der Waals surface area contributed by atoms with E-state index >= 15 is 0 Å². The van der Waals surface area contributed by atoms with Crippen LogP contribution in [-0.2, 0) is 11.3 Å². The van der Waals surface area contributed by atoms with E-state index in [1.54, 1.807) is 11.3 Å². The van der Waals surface area contributed by atoms with Gasteiger partial charge in [0, 0.05) is 19.0 Å². The maximum atomic E-state index is 11.2. The van der Waals surface area contributed by atoms with Crippen molar-refractivity contribution in [3.63, 3.8) is 0 Å². The van der Waals surface area contributed by atoms with Crippen LogP contribution in [0, 0.1) is 4.77 Å². The Hall–Kier alpha value is -1.47. The molecule has 0 radical (unpaired) electrons. The largest absolute Gasteiger partial charge is 0.352 e. The van der Waals surface area contributed by atoms with E-state index in [0.717, 1.165) is 17.1 Å². The Morgan fingerprint density at radius 3 is 3.17 bits per heavy atom. The highest BCUT2D eigenvalue weighted by Gasteiger charge is 2.22. The van der Waals surface area contributed by atoms with Crippen LogP contribution in [0.3, 0.4) is 0 Å². The fourth-order valence-corrected chi connectivity index (χ4v) is 3.04. The van der Waals surface area contributed by atoms with Gasteiger partial charge >= 0.3 is 0 Å². The van der Waals surface area contributed by atoms with Crippen molar-refractivity contribution in [2.75, 3.05) is 0 Å². The van der Waals surface area contributed by atoms with E-state index in [4.69, 9.17) is 12.2 Å². The zero-order valence-corrected chi connectivity index (χ0v) is 11.2. The van der Waals surface area contributed by atoms with Gasteiger partial charge in [-0.25, -0.2) is 0 Å². The molecule has 5 nitrogen and oxygen atoms in total. The number of aromatic amines is 1. The molecule has 3 heterocycles. The normalized spacial score (nSPS) is 19.1. The molecule has 1 saturated heterocycles. The highest BCUT2D eigenvalue weighted by Crippen LogP contribution is 2.23. The number of hydrogen-bond acceptors (Lipinski definition) is 4. The lowest BCUT2D eigenvalue weighted by molar-refractivity contribution is -0.119. The summed E-state index contributed by atoms with van der Waals surface area (Å²) in [5.41, 5.74) is 0. The summed E-state index contributed by atoms with van der Waals surface area (Å²) in [6.45, 7) is 0.675. The van der Waals surface area contributed by atoms with Gasteiger partial charge in [0.2, 0.25) is 5.91 Å². The van der Waals surface area contributed by atoms with Crippen molar-refractivity contribution in [2.45, 2.75) is 25.4 Å². The lowest BCUT2D eigenvalue weighted by atomic mass is 10.2. The van der Waals surface area contributed by atoms with Gasteiger partial charge in [-0.3, -0.25) is 14.5 Å². The third-order valence-corrected chi connectivity index (χ3v) is 4.17. The first kappa shape index (κ1) is 11.6. The summed E-state index contributed by atoms with van der Waals surface area (Å²) in [7, 11) is 0. The first-order valence-electron chi connectivity index (χ1n) is 5.72. The van der Waals surface area contributed by atoms with Crippen molar-refractivity contribution >= 4 is 29.5 Å². The maximum absolute atomic E-state index is 11.2. The molecule has 1 unspecified atom stereocenters. The molecular formula is C11H12N4OS2. The minimum Gasteiger partial charge on any atom is -0.352 e. The maximum Gasteiger partial charge on any atom is 0.220 e. The minimum absolute atomic E-state index is 0.118. The Bertz CT molecular complexity index is 613. The zero-order chi connectivity index (χ0) is 12.5. The highest BCUT2D eigenvalue weighted by molar-refractivity contribution is 7.71. The Labute approximate surface area is 113 Å². The monoisotopic (exact) mass is 280 g/mol. The van der Waals surface area contributed by atoms with Crippen LogP contribution in [0.1, 0.15) is 12.8 Å². The molecule has 3 rings (SSSR count). The smallest absolute Gasteiger partial charge is 0.220 e. The topological polar surface area (TPSA) is 62.7 Å². The average molecular weight is 280 g/mol. The molecule has 1 atom stereocenters. The summed E-state index contributed by atoms with van der Waals surface area (Å²) in [6, 6.07) is 4.15. The summed E-state index contributed by atoms with van der Waals surface area (Å²) in [6.07, 6.45) is 1.46. The molecule has 1 aliphatic heterocycles. The molecule has 1 aliphatic rings. The van der Waals surface area contributed by atoms with E-state index in [-0.39, 0.29) is 11.9 Å². The SMILES string of the molecule is O=C1CCC(Cn2c(-c3cccs3)n[nH]c2=S)N1. The predicted molar refractivity (Wildman–Crippen MR) is 71.9 cm³/mol. The highest BCUT2D eigenvalue weighted by atomic mass is 32.1. The second-order valence-corrected chi connectivity index (χ2v) is 5.58. The predicted octanol–water partition coefficient (Wildman–Crippen LogP) is 1.95. The van der Waals surface area contributed by atoms with E-state index in [1.165, 1.54) is 0 Å². The molecule has 2 N–H and O–H groups in total. The molecular weight excluding hydrogens is 268 g/mol. The van der Waals surface area contributed by atoms with Crippen molar-refractivity contribution in [1.29, 1.82) is 0 Å². The van der Waals surface area contributed by atoms with Gasteiger partial charge in [-0.05, 0) is 30.1 Å². The van der Waals surface area contributed by atoms with Crippen LogP contribution in [-0.4, -0.2) is 26.7 Å². The molecule has 2 aromatic heterocycles. The lowest BCUT2D eigenvalue weighted by Crippen LogP contribution is -2.29. The summed E-state index contributed by atoms with van der Waals surface area (Å²) < 4.78 is 2.55. The third kappa shape index (κ3) is 2.11. The third-order valence-electron chi connectivity index (χ3n) is 2.99. The number of carbonyl (C=O) groups is 1. The molecule has 7 heteroatoms. The minimum atomic E-state index is 0.118.